The Morgan fingerprint density at radius 2 is 2.21 bits per heavy atom. The monoisotopic (exact) mass is 262 g/mol. The molecule has 3 nitrogen and oxygen atoms in total. The fraction of sp³-hybridized carbons (Fsp3) is 0.400. The summed E-state index contributed by atoms with van der Waals surface area (Å²) in [4.78, 5) is 16.2. The van der Waals surface area contributed by atoms with E-state index in [1.165, 1.54) is 18.2 Å². The molecule has 1 heterocycles. The van der Waals surface area contributed by atoms with Crippen molar-refractivity contribution in [3.63, 3.8) is 0 Å². The Morgan fingerprint density at radius 3 is 2.89 bits per heavy atom. The van der Waals surface area contributed by atoms with Crippen LogP contribution in [0.15, 0.2) is 30.3 Å². The number of nitrogens with zero attached hydrogens (tertiary/aromatic N) is 2. The van der Waals surface area contributed by atoms with E-state index in [-0.39, 0.29) is 17.8 Å². The van der Waals surface area contributed by atoms with Gasteiger partial charge >= 0.3 is 0 Å². The van der Waals surface area contributed by atoms with Crippen LogP contribution in [0.3, 0.4) is 0 Å². The highest BCUT2D eigenvalue weighted by Gasteiger charge is 2.23. The van der Waals surface area contributed by atoms with Gasteiger partial charge in [-0.05, 0) is 37.7 Å². The van der Waals surface area contributed by atoms with Gasteiger partial charge in [0.1, 0.15) is 5.82 Å². The van der Waals surface area contributed by atoms with Crippen LogP contribution >= 0.6 is 0 Å². The summed E-state index contributed by atoms with van der Waals surface area (Å²) >= 11 is 0. The molecule has 0 spiro atoms. The van der Waals surface area contributed by atoms with E-state index in [1.807, 2.05) is 11.8 Å². The molecule has 1 atom stereocenters. The lowest BCUT2D eigenvalue weighted by Gasteiger charge is -2.37. The predicted octanol–water partition coefficient (Wildman–Crippen LogP) is 2.00. The SMILES string of the molecule is CC1CN(C)CCN1C(=O)/C=C/c1cccc(F)c1. The van der Waals surface area contributed by atoms with E-state index < -0.39 is 0 Å². The number of carbonyl (C=O) groups is 1. The third-order valence-electron chi connectivity index (χ3n) is 3.38. The van der Waals surface area contributed by atoms with Crippen molar-refractivity contribution in [2.45, 2.75) is 13.0 Å². The molecule has 1 aromatic carbocycles. The molecule has 2 rings (SSSR count). The number of halogens is 1. The smallest absolute Gasteiger partial charge is 0.246 e. The molecular weight excluding hydrogens is 243 g/mol. The van der Waals surface area contributed by atoms with Gasteiger partial charge in [-0.2, -0.15) is 0 Å². The molecule has 0 radical (unpaired) electrons. The van der Waals surface area contributed by atoms with Crippen LogP contribution in [-0.2, 0) is 4.79 Å². The Morgan fingerprint density at radius 1 is 1.42 bits per heavy atom. The zero-order valence-corrected chi connectivity index (χ0v) is 11.3. The quantitative estimate of drug-likeness (QED) is 0.761. The molecule has 1 amide bonds. The van der Waals surface area contributed by atoms with Gasteiger partial charge < -0.3 is 9.80 Å². The summed E-state index contributed by atoms with van der Waals surface area (Å²) < 4.78 is 13.0. The van der Waals surface area contributed by atoms with Gasteiger partial charge in [0.15, 0.2) is 0 Å². The molecule has 0 N–H and O–H groups in total. The Balaban J connectivity index is 2.01. The van der Waals surface area contributed by atoms with E-state index in [9.17, 15) is 9.18 Å². The number of rotatable bonds is 2. The Labute approximate surface area is 113 Å². The maximum absolute atomic E-state index is 13.0. The summed E-state index contributed by atoms with van der Waals surface area (Å²) in [6.07, 6.45) is 3.19. The molecule has 4 heteroatoms. The van der Waals surface area contributed by atoms with Crippen LogP contribution in [0.5, 0.6) is 0 Å². The number of likely N-dealkylation sites (N-methyl/N-ethyl adjacent to an activating group) is 1. The predicted molar refractivity (Wildman–Crippen MR) is 74.1 cm³/mol. The second-order valence-corrected chi connectivity index (χ2v) is 5.03. The van der Waals surface area contributed by atoms with Crippen molar-refractivity contribution in [2.75, 3.05) is 26.7 Å². The van der Waals surface area contributed by atoms with Crippen LogP contribution in [0.1, 0.15) is 12.5 Å². The minimum Gasteiger partial charge on any atom is -0.334 e. The van der Waals surface area contributed by atoms with Crippen molar-refractivity contribution in [3.05, 3.63) is 41.7 Å². The molecule has 0 aliphatic carbocycles. The third-order valence-corrected chi connectivity index (χ3v) is 3.38. The average Bonchev–Trinajstić information content (AvgIpc) is 2.36. The molecule has 1 aromatic rings. The second kappa shape index (κ2) is 5.97. The van der Waals surface area contributed by atoms with E-state index in [0.717, 1.165) is 19.6 Å². The van der Waals surface area contributed by atoms with E-state index in [4.69, 9.17) is 0 Å². The van der Waals surface area contributed by atoms with Crippen LogP contribution < -0.4 is 0 Å². The first-order valence-electron chi connectivity index (χ1n) is 6.49. The van der Waals surface area contributed by atoms with Gasteiger partial charge in [-0.1, -0.05) is 12.1 Å². The molecule has 1 saturated heterocycles. The number of piperazine rings is 1. The first-order valence-corrected chi connectivity index (χ1v) is 6.49. The van der Waals surface area contributed by atoms with E-state index in [0.29, 0.717) is 5.56 Å². The van der Waals surface area contributed by atoms with E-state index in [1.54, 1.807) is 18.2 Å². The lowest BCUT2D eigenvalue weighted by atomic mass is 10.1. The van der Waals surface area contributed by atoms with Gasteiger partial charge in [0.25, 0.3) is 0 Å². The highest BCUT2D eigenvalue weighted by atomic mass is 19.1. The maximum Gasteiger partial charge on any atom is 0.246 e. The summed E-state index contributed by atoms with van der Waals surface area (Å²) in [5, 5.41) is 0. The summed E-state index contributed by atoms with van der Waals surface area (Å²) in [6.45, 7) is 4.57. The van der Waals surface area contributed by atoms with Crippen LogP contribution in [-0.4, -0.2) is 48.4 Å². The largest absolute Gasteiger partial charge is 0.334 e. The van der Waals surface area contributed by atoms with Gasteiger partial charge in [0, 0.05) is 31.8 Å². The Bertz CT molecular complexity index is 487. The topological polar surface area (TPSA) is 23.6 Å². The molecule has 0 saturated carbocycles. The van der Waals surface area contributed by atoms with Gasteiger partial charge in [0.05, 0.1) is 0 Å². The van der Waals surface area contributed by atoms with Gasteiger partial charge in [-0.15, -0.1) is 0 Å². The summed E-state index contributed by atoms with van der Waals surface area (Å²) in [6, 6.07) is 6.43. The summed E-state index contributed by atoms with van der Waals surface area (Å²) in [5.74, 6) is -0.299. The normalized spacial score (nSPS) is 21.0. The molecule has 1 aliphatic rings. The van der Waals surface area contributed by atoms with Crippen molar-refractivity contribution in [1.82, 2.24) is 9.80 Å². The molecule has 0 aromatic heterocycles. The van der Waals surface area contributed by atoms with Crippen molar-refractivity contribution in [3.8, 4) is 0 Å². The standard InChI is InChI=1S/C15H19FN2O/c1-12-11-17(2)8-9-18(12)15(19)7-6-13-4-3-5-14(16)10-13/h3-7,10,12H,8-9,11H2,1-2H3/b7-6+. The van der Waals surface area contributed by atoms with Gasteiger partial charge in [0.2, 0.25) is 5.91 Å². The van der Waals surface area contributed by atoms with Crippen LogP contribution in [0.2, 0.25) is 0 Å². The fourth-order valence-electron chi connectivity index (χ4n) is 2.34. The molecule has 0 bridgehead atoms. The van der Waals surface area contributed by atoms with Crippen LogP contribution in [0, 0.1) is 5.82 Å². The highest BCUT2D eigenvalue weighted by molar-refractivity contribution is 5.92. The molecule has 1 fully saturated rings. The number of hydrogen-bond donors (Lipinski definition) is 0. The minimum absolute atomic E-state index is 0.00939. The molecule has 102 valence electrons. The number of carbonyl (C=O) groups excluding carboxylic acids is 1. The molecular formula is C15H19FN2O. The number of amides is 1. The zero-order chi connectivity index (χ0) is 13.8. The van der Waals surface area contributed by atoms with E-state index in [2.05, 4.69) is 11.9 Å². The first-order chi connectivity index (χ1) is 9.06. The molecule has 19 heavy (non-hydrogen) atoms. The third kappa shape index (κ3) is 3.64. The van der Waals surface area contributed by atoms with Crippen LogP contribution in [0.25, 0.3) is 6.08 Å². The number of hydrogen-bond acceptors (Lipinski definition) is 2. The zero-order valence-electron chi connectivity index (χ0n) is 11.3. The maximum atomic E-state index is 13.0. The molecule has 1 unspecified atom stereocenters. The minimum atomic E-state index is -0.289. The number of benzene rings is 1. The van der Waals surface area contributed by atoms with Crippen LogP contribution in [0.4, 0.5) is 4.39 Å². The lowest BCUT2D eigenvalue weighted by molar-refractivity contribution is -0.130. The fourth-order valence-corrected chi connectivity index (χ4v) is 2.34. The van der Waals surface area contributed by atoms with Gasteiger partial charge in [-0.25, -0.2) is 4.39 Å². The highest BCUT2D eigenvalue weighted by Crippen LogP contribution is 2.10. The summed E-state index contributed by atoms with van der Waals surface area (Å²) in [7, 11) is 2.06. The van der Waals surface area contributed by atoms with E-state index >= 15 is 0 Å². The molecule has 1 aliphatic heterocycles. The van der Waals surface area contributed by atoms with Crippen molar-refractivity contribution < 1.29 is 9.18 Å². The second-order valence-electron chi connectivity index (χ2n) is 5.03. The van der Waals surface area contributed by atoms with Gasteiger partial charge in [-0.3, -0.25) is 4.79 Å². The summed E-state index contributed by atoms with van der Waals surface area (Å²) in [5.41, 5.74) is 0.704. The first kappa shape index (κ1) is 13.7. The average molecular weight is 262 g/mol. The Kier molecular flexibility index (Phi) is 4.32. The van der Waals surface area contributed by atoms with Crippen molar-refractivity contribution in [2.24, 2.45) is 0 Å². The van der Waals surface area contributed by atoms with Crippen molar-refractivity contribution >= 4 is 12.0 Å². The Hall–Kier alpha value is -1.68. The lowest BCUT2D eigenvalue weighted by Crippen LogP contribution is -2.52. The van der Waals surface area contributed by atoms with Crippen molar-refractivity contribution in [1.29, 1.82) is 0 Å².